The molecule has 0 aliphatic carbocycles. The van der Waals surface area contributed by atoms with E-state index in [9.17, 15) is 14.0 Å². The number of nitrogens with two attached hydrogens (primary N) is 1. The monoisotopic (exact) mass is 494 g/mol. The van der Waals surface area contributed by atoms with Crippen molar-refractivity contribution in [1.82, 2.24) is 14.5 Å². The van der Waals surface area contributed by atoms with E-state index in [-0.39, 0.29) is 10.9 Å². The van der Waals surface area contributed by atoms with Crippen LogP contribution in [0.15, 0.2) is 71.8 Å². The van der Waals surface area contributed by atoms with Gasteiger partial charge in [-0.3, -0.25) is 14.2 Å². The third kappa shape index (κ3) is 3.82. The molecular weight excluding hydrogens is 471 g/mol. The molecule has 0 saturated carbocycles. The zero-order valence-electron chi connectivity index (χ0n) is 20.0. The number of nitrogens with one attached hydrogen (secondary N) is 1. The van der Waals surface area contributed by atoms with E-state index in [2.05, 4.69) is 9.97 Å². The van der Waals surface area contributed by atoms with E-state index in [1.165, 1.54) is 29.1 Å². The van der Waals surface area contributed by atoms with E-state index in [0.29, 0.717) is 35.5 Å². The van der Waals surface area contributed by atoms with Gasteiger partial charge in [0.1, 0.15) is 12.1 Å². The Kier molecular flexibility index (Phi) is 5.46. The van der Waals surface area contributed by atoms with Crippen LogP contribution in [0.5, 0.6) is 0 Å². The lowest BCUT2D eigenvalue weighted by atomic mass is 9.94. The standard InChI is InChI=1S/C29H23FN4O3/c1-16-19(3-2-4-26(16)34-15-32-24-8-5-18(30)13-23(24)29(34)36)20-6-7-21(28(31)35)27-22(20)14-25(33-27)17-9-11-37-12-10-17/h2-9,13-15,33H,10-12H2,1H3,(H2,31,35). The molecule has 0 radical (unpaired) electrons. The molecule has 5 aromatic rings. The van der Waals surface area contributed by atoms with Gasteiger partial charge >= 0.3 is 0 Å². The number of rotatable bonds is 4. The number of amides is 1. The van der Waals surface area contributed by atoms with Crippen molar-refractivity contribution < 1.29 is 13.9 Å². The molecule has 184 valence electrons. The highest BCUT2D eigenvalue weighted by Gasteiger charge is 2.19. The van der Waals surface area contributed by atoms with Crippen molar-refractivity contribution in [3.63, 3.8) is 0 Å². The van der Waals surface area contributed by atoms with E-state index < -0.39 is 11.7 Å². The number of primary amides is 1. The Labute approximate surface area is 211 Å². The molecule has 3 N–H and O–H groups in total. The van der Waals surface area contributed by atoms with Crippen molar-refractivity contribution in [2.45, 2.75) is 13.3 Å². The van der Waals surface area contributed by atoms with Gasteiger partial charge in [0.05, 0.1) is 40.9 Å². The van der Waals surface area contributed by atoms with Crippen LogP contribution in [0.2, 0.25) is 0 Å². The fraction of sp³-hybridized carbons (Fsp3) is 0.138. The molecule has 1 aliphatic rings. The lowest BCUT2D eigenvalue weighted by Gasteiger charge is -2.15. The zero-order valence-corrected chi connectivity index (χ0v) is 20.0. The van der Waals surface area contributed by atoms with Crippen molar-refractivity contribution in [3.05, 3.63) is 100.0 Å². The van der Waals surface area contributed by atoms with Gasteiger partial charge in [0.2, 0.25) is 0 Å². The number of hydrogen-bond donors (Lipinski definition) is 2. The molecule has 3 aromatic carbocycles. The van der Waals surface area contributed by atoms with Crippen LogP contribution in [-0.4, -0.2) is 33.7 Å². The molecule has 0 saturated heterocycles. The molecule has 0 spiro atoms. The van der Waals surface area contributed by atoms with Crippen molar-refractivity contribution in [1.29, 1.82) is 0 Å². The number of aromatic nitrogens is 3. The Balaban J connectivity index is 1.56. The predicted octanol–water partition coefficient (Wildman–Crippen LogP) is 4.88. The zero-order chi connectivity index (χ0) is 25.7. The fourth-order valence-corrected chi connectivity index (χ4v) is 5.05. The first-order valence-electron chi connectivity index (χ1n) is 11.9. The van der Waals surface area contributed by atoms with E-state index >= 15 is 0 Å². The third-order valence-corrected chi connectivity index (χ3v) is 6.94. The number of hydrogen-bond acceptors (Lipinski definition) is 4. The van der Waals surface area contributed by atoms with Gasteiger partial charge in [-0.1, -0.05) is 24.3 Å². The average Bonchev–Trinajstić information content (AvgIpc) is 3.35. The summed E-state index contributed by atoms with van der Waals surface area (Å²) in [5, 5.41) is 1.06. The van der Waals surface area contributed by atoms with E-state index in [1.54, 1.807) is 6.07 Å². The summed E-state index contributed by atoms with van der Waals surface area (Å²) in [6.45, 7) is 3.10. The summed E-state index contributed by atoms with van der Waals surface area (Å²) in [5.41, 5.74) is 12.1. The fourth-order valence-electron chi connectivity index (χ4n) is 5.05. The number of ether oxygens (including phenoxy) is 1. The number of carbonyl (C=O) groups is 1. The second kappa shape index (κ2) is 8.83. The average molecular weight is 495 g/mol. The van der Waals surface area contributed by atoms with Gasteiger partial charge in [0, 0.05) is 11.1 Å². The molecule has 8 heteroatoms. The summed E-state index contributed by atoms with van der Waals surface area (Å²) in [4.78, 5) is 33.3. The summed E-state index contributed by atoms with van der Waals surface area (Å²) in [6, 6.07) is 15.3. The molecule has 2 aromatic heterocycles. The van der Waals surface area contributed by atoms with Gasteiger partial charge in [0.25, 0.3) is 11.5 Å². The van der Waals surface area contributed by atoms with Crippen molar-refractivity contribution >= 4 is 33.3 Å². The van der Waals surface area contributed by atoms with Gasteiger partial charge in [-0.15, -0.1) is 0 Å². The number of benzene rings is 3. The van der Waals surface area contributed by atoms with Crippen LogP contribution in [0, 0.1) is 12.7 Å². The smallest absolute Gasteiger partial charge is 0.265 e. The number of halogens is 1. The minimum Gasteiger partial charge on any atom is -0.377 e. The second-order valence-electron chi connectivity index (χ2n) is 9.08. The van der Waals surface area contributed by atoms with E-state index in [0.717, 1.165) is 39.8 Å². The lowest BCUT2D eigenvalue weighted by Crippen LogP contribution is -2.20. The van der Waals surface area contributed by atoms with Crippen LogP contribution in [0.25, 0.3) is 44.2 Å². The quantitative estimate of drug-likeness (QED) is 0.372. The molecule has 6 rings (SSSR count). The Bertz CT molecular complexity index is 1820. The first-order valence-corrected chi connectivity index (χ1v) is 11.9. The van der Waals surface area contributed by atoms with Crippen LogP contribution in [-0.2, 0) is 4.74 Å². The summed E-state index contributed by atoms with van der Waals surface area (Å²) >= 11 is 0. The molecule has 7 nitrogen and oxygen atoms in total. The summed E-state index contributed by atoms with van der Waals surface area (Å²) in [7, 11) is 0. The number of aromatic amines is 1. The highest BCUT2D eigenvalue weighted by Crippen LogP contribution is 2.36. The molecule has 37 heavy (non-hydrogen) atoms. The number of nitrogens with zero attached hydrogens (tertiary/aromatic N) is 2. The normalized spacial score (nSPS) is 13.7. The highest BCUT2D eigenvalue weighted by atomic mass is 19.1. The SMILES string of the molecule is Cc1c(-c2ccc(C(N)=O)c3[nH]c(C4=CCOCC4)cc23)cccc1-n1cnc2ccc(F)cc2c1=O. The first-order chi connectivity index (χ1) is 17.9. The Morgan fingerprint density at radius 1 is 1.11 bits per heavy atom. The van der Waals surface area contributed by atoms with Crippen molar-refractivity contribution in [2.75, 3.05) is 13.2 Å². The van der Waals surface area contributed by atoms with Gasteiger partial charge in [-0.05, 0) is 72.0 Å². The molecule has 0 bridgehead atoms. The molecule has 1 aliphatic heterocycles. The van der Waals surface area contributed by atoms with Crippen LogP contribution in [0.1, 0.15) is 28.0 Å². The minimum atomic E-state index is -0.516. The first kappa shape index (κ1) is 22.9. The maximum atomic E-state index is 13.9. The summed E-state index contributed by atoms with van der Waals surface area (Å²) in [5.74, 6) is -1.01. The molecular formula is C29H23FN4O3. The Morgan fingerprint density at radius 3 is 2.76 bits per heavy atom. The molecule has 1 amide bonds. The van der Waals surface area contributed by atoms with Crippen LogP contribution in [0.4, 0.5) is 4.39 Å². The number of fused-ring (bicyclic) bond motifs is 2. The Hall–Kier alpha value is -4.56. The maximum Gasteiger partial charge on any atom is 0.265 e. The van der Waals surface area contributed by atoms with Crippen LogP contribution in [0.3, 0.4) is 0 Å². The van der Waals surface area contributed by atoms with Crippen LogP contribution < -0.4 is 11.3 Å². The van der Waals surface area contributed by atoms with Crippen molar-refractivity contribution in [2.24, 2.45) is 5.73 Å². The van der Waals surface area contributed by atoms with Crippen LogP contribution >= 0.6 is 0 Å². The third-order valence-electron chi connectivity index (χ3n) is 6.94. The highest BCUT2D eigenvalue weighted by molar-refractivity contribution is 6.10. The predicted molar refractivity (Wildman–Crippen MR) is 141 cm³/mol. The van der Waals surface area contributed by atoms with Crippen molar-refractivity contribution in [3.8, 4) is 16.8 Å². The Morgan fingerprint density at radius 2 is 1.97 bits per heavy atom. The summed E-state index contributed by atoms with van der Waals surface area (Å²) < 4.78 is 20.7. The van der Waals surface area contributed by atoms with E-state index in [1.807, 2.05) is 43.3 Å². The second-order valence-corrected chi connectivity index (χ2v) is 9.08. The number of carbonyl (C=O) groups excluding carboxylic acids is 1. The molecule has 0 atom stereocenters. The molecule has 0 unspecified atom stereocenters. The molecule has 0 fully saturated rings. The lowest BCUT2D eigenvalue weighted by molar-refractivity contribution is 0.100. The summed E-state index contributed by atoms with van der Waals surface area (Å²) in [6.07, 6.45) is 4.26. The maximum absolute atomic E-state index is 13.9. The van der Waals surface area contributed by atoms with Gasteiger partial charge in [-0.25, -0.2) is 9.37 Å². The molecule has 3 heterocycles. The van der Waals surface area contributed by atoms with Gasteiger partial charge in [-0.2, -0.15) is 0 Å². The minimum absolute atomic E-state index is 0.209. The van der Waals surface area contributed by atoms with Gasteiger partial charge < -0.3 is 15.5 Å². The topological polar surface area (TPSA) is 103 Å². The largest absolute Gasteiger partial charge is 0.377 e. The van der Waals surface area contributed by atoms with Gasteiger partial charge in [0.15, 0.2) is 0 Å². The number of H-pyrrole nitrogens is 1. The van der Waals surface area contributed by atoms with E-state index in [4.69, 9.17) is 10.5 Å².